The van der Waals surface area contributed by atoms with Crippen molar-refractivity contribution in [3.63, 3.8) is 0 Å². The Balaban J connectivity index is 2.10. The van der Waals surface area contributed by atoms with Crippen molar-refractivity contribution in [2.75, 3.05) is 6.61 Å². The molecule has 1 saturated heterocycles. The average molecular weight is 295 g/mol. The summed E-state index contributed by atoms with van der Waals surface area (Å²) in [4.78, 5) is 0. The first kappa shape index (κ1) is 11.2. The highest BCUT2D eigenvalue weighted by Gasteiger charge is 2.19. The van der Waals surface area contributed by atoms with E-state index in [0.717, 1.165) is 17.5 Å². The molecule has 1 atom stereocenters. The van der Waals surface area contributed by atoms with Gasteiger partial charge in [0.15, 0.2) is 6.23 Å². The van der Waals surface area contributed by atoms with Crippen LogP contribution in [0.3, 0.4) is 0 Å². The first-order chi connectivity index (χ1) is 8.25. The van der Waals surface area contributed by atoms with E-state index in [1.807, 2.05) is 10.9 Å². The smallest absolute Gasteiger partial charge is 0.150 e. The van der Waals surface area contributed by atoms with Gasteiger partial charge in [-0.25, -0.2) is 4.68 Å². The van der Waals surface area contributed by atoms with E-state index >= 15 is 0 Å². The molecule has 4 heteroatoms. The van der Waals surface area contributed by atoms with Crippen LogP contribution in [0.2, 0.25) is 0 Å². The van der Waals surface area contributed by atoms with Gasteiger partial charge in [0, 0.05) is 16.5 Å². The van der Waals surface area contributed by atoms with Gasteiger partial charge < -0.3 is 4.74 Å². The van der Waals surface area contributed by atoms with Gasteiger partial charge in [0.25, 0.3) is 0 Å². The van der Waals surface area contributed by atoms with E-state index < -0.39 is 0 Å². The van der Waals surface area contributed by atoms with Gasteiger partial charge >= 0.3 is 0 Å². The second kappa shape index (κ2) is 4.42. The van der Waals surface area contributed by atoms with E-state index in [2.05, 4.69) is 40.1 Å². The molecule has 90 valence electrons. The van der Waals surface area contributed by atoms with Crippen LogP contribution in [0.1, 0.15) is 31.1 Å². The molecule has 2 aromatic rings. The predicted molar refractivity (Wildman–Crippen MR) is 71.0 cm³/mol. The van der Waals surface area contributed by atoms with Gasteiger partial charge in [-0.15, -0.1) is 0 Å². The van der Waals surface area contributed by atoms with Crippen LogP contribution in [-0.2, 0) is 4.74 Å². The van der Waals surface area contributed by atoms with Gasteiger partial charge in [-0.2, -0.15) is 5.10 Å². The van der Waals surface area contributed by atoms with Crippen LogP contribution < -0.4 is 0 Å². The summed E-state index contributed by atoms with van der Waals surface area (Å²) in [6, 6.07) is 4.23. The van der Waals surface area contributed by atoms with Crippen molar-refractivity contribution in [2.45, 2.75) is 32.4 Å². The largest absolute Gasteiger partial charge is 0.356 e. The van der Waals surface area contributed by atoms with Gasteiger partial charge in [0.2, 0.25) is 0 Å². The van der Waals surface area contributed by atoms with E-state index in [1.165, 1.54) is 29.3 Å². The Morgan fingerprint density at radius 2 is 2.29 bits per heavy atom. The summed E-state index contributed by atoms with van der Waals surface area (Å²) in [5.41, 5.74) is 2.43. The maximum atomic E-state index is 5.80. The van der Waals surface area contributed by atoms with Gasteiger partial charge in [-0.1, -0.05) is 15.9 Å². The molecule has 3 nitrogen and oxygen atoms in total. The summed E-state index contributed by atoms with van der Waals surface area (Å²) in [5, 5.41) is 5.66. The van der Waals surface area contributed by atoms with Gasteiger partial charge in [0.05, 0.1) is 11.7 Å². The topological polar surface area (TPSA) is 27.1 Å². The number of fused-ring (bicyclic) bond motifs is 1. The Bertz CT molecular complexity index is 544. The summed E-state index contributed by atoms with van der Waals surface area (Å²) >= 11 is 3.52. The van der Waals surface area contributed by atoms with Crippen LogP contribution >= 0.6 is 15.9 Å². The van der Waals surface area contributed by atoms with Crippen molar-refractivity contribution in [3.05, 3.63) is 28.4 Å². The maximum Gasteiger partial charge on any atom is 0.150 e. The number of rotatable bonds is 1. The van der Waals surface area contributed by atoms with Crippen LogP contribution in [-0.4, -0.2) is 16.4 Å². The molecule has 1 unspecified atom stereocenters. The fraction of sp³-hybridized carbons (Fsp3) is 0.462. The summed E-state index contributed by atoms with van der Waals surface area (Å²) in [5.74, 6) is 0. The standard InChI is InChI=1S/C13H15BrN2O/c1-9-6-11(14)7-10-8-15-16(13(9)10)12-4-2-3-5-17-12/h6-8,12H,2-5H2,1H3. The number of nitrogens with zero attached hydrogens (tertiary/aromatic N) is 2. The molecule has 17 heavy (non-hydrogen) atoms. The normalized spacial score (nSPS) is 20.9. The highest BCUT2D eigenvalue weighted by Crippen LogP contribution is 2.29. The molecule has 0 N–H and O–H groups in total. The Hall–Kier alpha value is -0.870. The molecular weight excluding hydrogens is 280 g/mol. The lowest BCUT2D eigenvalue weighted by Crippen LogP contribution is -2.19. The summed E-state index contributed by atoms with van der Waals surface area (Å²) in [7, 11) is 0. The Kier molecular flexibility index (Phi) is 2.92. The second-order valence-corrected chi connectivity index (χ2v) is 5.49. The van der Waals surface area contributed by atoms with Crippen LogP contribution in [0.25, 0.3) is 10.9 Å². The van der Waals surface area contributed by atoms with Crippen LogP contribution in [0.4, 0.5) is 0 Å². The van der Waals surface area contributed by atoms with Crippen molar-refractivity contribution >= 4 is 26.8 Å². The minimum Gasteiger partial charge on any atom is -0.356 e. The van der Waals surface area contributed by atoms with Crippen LogP contribution in [0.15, 0.2) is 22.8 Å². The van der Waals surface area contributed by atoms with E-state index in [1.54, 1.807) is 0 Å². The Labute approximate surface area is 109 Å². The molecule has 0 saturated carbocycles. The number of ether oxygens (including phenoxy) is 1. The molecule has 0 amide bonds. The van der Waals surface area contributed by atoms with Crippen molar-refractivity contribution in [3.8, 4) is 0 Å². The molecule has 2 heterocycles. The number of halogens is 1. The Morgan fingerprint density at radius 3 is 3.06 bits per heavy atom. The minimum absolute atomic E-state index is 0.112. The number of benzene rings is 1. The average Bonchev–Trinajstić information content (AvgIpc) is 2.74. The first-order valence-corrected chi connectivity index (χ1v) is 6.80. The molecule has 0 bridgehead atoms. The zero-order chi connectivity index (χ0) is 11.8. The number of hydrogen-bond donors (Lipinski definition) is 0. The third kappa shape index (κ3) is 2.00. The van der Waals surface area contributed by atoms with Crippen molar-refractivity contribution < 1.29 is 4.74 Å². The molecule has 1 aliphatic heterocycles. The quantitative estimate of drug-likeness (QED) is 0.800. The summed E-state index contributed by atoms with van der Waals surface area (Å²) in [6.07, 6.45) is 5.49. The third-order valence-corrected chi connectivity index (χ3v) is 3.73. The van der Waals surface area contributed by atoms with E-state index in [4.69, 9.17) is 4.74 Å². The molecule has 3 rings (SSSR count). The molecule has 0 aliphatic carbocycles. The molecule has 1 fully saturated rings. The molecule has 1 aromatic carbocycles. The molecular formula is C13H15BrN2O. The van der Waals surface area contributed by atoms with Gasteiger partial charge in [-0.05, 0) is 43.9 Å². The summed E-state index contributed by atoms with van der Waals surface area (Å²) < 4.78 is 8.95. The lowest BCUT2D eigenvalue weighted by atomic mass is 10.1. The fourth-order valence-corrected chi connectivity index (χ4v) is 3.08. The van der Waals surface area contributed by atoms with E-state index in [9.17, 15) is 0 Å². The van der Waals surface area contributed by atoms with Crippen molar-refractivity contribution in [1.29, 1.82) is 0 Å². The monoisotopic (exact) mass is 294 g/mol. The SMILES string of the molecule is Cc1cc(Br)cc2cnn(C3CCCCO3)c12. The molecule has 0 radical (unpaired) electrons. The van der Waals surface area contributed by atoms with Crippen LogP contribution in [0.5, 0.6) is 0 Å². The first-order valence-electron chi connectivity index (χ1n) is 6.00. The molecule has 1 aromatic heterocycles. The minimum atomic E-state index is 0.112. The summed E-state index contributed by atoms with van der Waals surface area (Å²) in [6.45, 7) is 2.97. The van der Waals surface area contributed by atoms with Crippen LogP contribution in [0, 0.1) is 6.92 Å². The molecule has 0 spiro atoms. The highest BCUT2D eigenvalue weighted by molar-refractivity contribution is 9.10. The molecule has 1 aliphatic rings. The van der Waals surface area contributed by atoms with Gasteiger partial charge in [0.1, 0.15) is 0 Å². The Morgan fingerprint density at radius 1 is 1.41 bits per heavy atom. The zero-order valence-corrected chi connectivity index (χ0v) is 11.4. The van der Waals surface area contributed by atoms with E-state index in [-0.39, 0.29) is 6.23 Å². The van der Waals surface area contributed by atoms with Crippen molar-refractivity contribution in [1.82, 2.24) is 9.78 Å². The number of hydrogen-bond acceptors (Lipinski definition) is 2. The fourth-order valence-electron chi connectivity index (χ4n) is 2.49. The van der Waals surface area contributed by atoms with Gasteiger partial charge in [-0.3, -0.25) is 0 Å². The number of aromatic nitrogens is 2. The van der Waals surface area contributed by atoms with Crippen molar-refractivity contribution in [2.24, 2.45) is 0 Å². The second-order valence-electron chi connectivity index (χ2n) is 4.57. The maximum absolute atomic E-state index is 5.80. The number of aryl methyl sites for hydroxylation is 1. The predicted octanol–water partition coefficient (Wildman–Crippen LogP) is 3.81. The highest BCUT2D eigenvalue weighted by atomic mass is 79.9. The lowest BCUT2D eigenvalue weighted by molar-refractivity contribution is -0.0367. The lowest BCUT2D eigenvalue weighted by Gasteiger charge is -2.23. The third-order valence-electron chi connectivity index (χ3n) is 3.27. The van der Waals surface area contributed by atoms with E-state index in [0.29, 0.717) is 0 Å². The zero-order valence-electron chi connectivity index (χ0n) is 9.82.